The number of nitrogens with one attached hydrogen (secondary N) is 2. The van der Waals surface area contributed by atoms with Crippen LogP contribution >= 0.6 is 0 Å². The van der Waals surface area contributed by atoms with Crippen molar-refractivity contribution in [1.82, 2.24) is 10.6 Å². The lowest BCUT2D eigenvalue weighted by Crippen LogP contribution is -2.39. The molecule has 0 saturated carbocycles. The molecular formula is C8H15N3O2. The summed E-state index contributed by atoms with van der Waals surface area (Å²) in [6, 6.07) is 1.96. The fourth-order valence-corrected chi connectivity index (χ4v) is 0.776. The number of hydrogen-bond donors (Lipinski definition) is 2. The third-order valence-electron chi connectivity index (χ3n) is 1.39. The lowest BCUT2D eigenvalue weighted by molar-refractivity contribution is -0.120. The molecule has 2 N–H and O–H groups in total. The van der Waals surface area contributed by atoms with Gasteiger partial charge >= 0.3 is 0 Å². The highest BCUT2D eigenvalue weighted by atomic mass is 16.5. The summed E-state index contributed by atoms with van der Waals surface area (Å²) in [5.41, 5.74) is 0. The molecule has 13 heavy (non-hydrogen) atoms. The van der Waals surface area contributed by atoms with Crippen molar-refractivity contribution in [3.8, 4) is 6.07 Å². The fourth-order valence-electron chi connectivity index (χ4n) is 0.776. The van der Waals surface area contributed by atoms with Gasteiger partial charge in [-0.2, -0.15) is 5.26 Å². The molecule has 0 aliphatic carbocycles. The molecule has 0 heterocycles. The van der Waals surface area contributed by atoms with E-state index >= 15 is 0 Å². The Morgan fingerprint density at radius 1 is 1.69 bits per heavy atom. The predicted octanol–water partition coefficient (Wildman–Crippen LogP) is -0.749. The van der Waals surface area contributed by atoms with Crippen molar-refractivity contribution in [3.05, 3.63) is 0 Å². The number of hydrogen-bond acceptors (Lipinski definition) is 4. The maximum Gasteiger partial charge on any atom is 0.234 e. The summed E-state index contributed by atoms with van der Waals surface area (Å²) < 4.78 is 4.87. The van der Waals surface area contributed by atoms with Crippen molar-refractivity contribution < 1.29 is 9.53 Å². The van der Waals surface area contributed by atoms with Gasteiger partial charge in [-0.25, -0.2) is 0 Å². The summed E-state index contributed by atoms with van der Waals surface area (Å²) in [7, 11) is 1.61. The second-order valence-electron chi connectivity index (χ2n) is 2.67. The van der Waals surface area contributed by atoms with Gasteiger partial charge in [0.1, 0.15) is 6.54 Å². The summed E-state index contributed by atoms with van der Waals surface area (Å²) in [6.07, 6.45) is 0. The first-order chi connectivity index (χ1) is 6.20. The van der Waals surface area contributed by atoms with Gasteiger partial charge in [0.25, 0.3) is 0 Å². The SMILES string of the molecule is COCC(C)NCC(=O)NCC#N. The van der Waals surface area contributed by atoms with Crippen LogP contribution in [0.15, 0.2) is 0 Å². The molecule has 5 nitrogen and oxygen atoms in total. The Kier molecular flexibility index (Phi) is 6.88. The second kappa shape index (κ2) is 7.53. The topological polar surface area (TPSA) is 74.2 Å². The number of carbonyl (C=O) groups is 1. The number of nitriles is 1. The van der Waals surface area contributed by atoms with Crippen molar-refractivity contribution >= 4 is 5.91 Å². The Labute approximate surface area is 78.1 Å². The van der Waals surface area contributed by atoms with Gasteiger partial charge in [0, 0.05) is 13.2 Å². The monoisotopic (exact) mass is 185 g/mol. The summed E-state index contributed by atoms with van der Waals surface area (Å²) >= 11 is 0. The Morgan fingerprint density at radius 3 is 2.92 bits per heavy atom. The second-order valence-corrected chi connectivity index (χ2v) is 2.67. The first-order valence-electron chi connectivity index (χ1n) is 4.06. The number of rotatable bonds is 6. The van der Waals surface area contributed by atoms with Crippen LogP contribution in [-0.4, -0.2) is 38.8 Å². The lowest BCUT2D eigenvalue weighted by Gasteiger charge is -2.11. The van der Waals surface area contributed by atoms with Gasteiger partial charge < -0.3 is 15.4 Å². The highest BCUT2D eigenvalue weighted by Crippen LogP contribution is 1.80. The Bertz CT molecular complexity index is 188. The Morgan fingerprint density at radius 2 is 2.38 bits per heavy atom. The number of nitrogens with zero attached hydrogens (tertiary/aromatic N) is 1. The van der Waals surface area contributed by atoms with Gasteiger partial charge in [-0.15, -0.1) is 0 Å². The minimum Gasteiger partial charge on any atom is -0.383 e. The number of amides is 1. The van der Waals surface area contributed by atoms with E-state index < -0.39 is 0 Å². The van der Waals surface area contributed by atoms with Crippen LogP contribution in [0.2, 0.25) is 0 Å². The lowest BCUT2D eigenvalue weighted by atomic mass is 10.3. The third-order valence-corrected chi connectivity index (χ3v) is 1.39. The molecule has 0 fully saturated rings. The zero-order valence-electron chi connectivity index (χ0n) is 7.96. The van der Waals surface area contributed by atoms with Gasteiger partial charge in [-0.1, -0.05) is 0 Å². The molecule has 0 aromatic heterocycles. The third kappa shape index (κ3) is 7.25. The Hall–Kier alpha value is -1.12. The zero-order valence-corrected chi connectivity index (χ0v) is 7.96. The van der Waals surface area contributed by atoms with Crippen LogP contribution in [-0.2, 0) is 9.53 Å². The maximum atomic E-state index is 10.9. The quantitative estimate of drug-likeness (QED) is 0.534. The minimum atomic E-state index is -0.176. The molecule has 0 aromatic rings. The normalized spacial score (nSPS) is 11.8. The van der Waals surface area contributed by atoms with Crippen LogP contribution in [0.1, 0.15) is 6.92 Å². The predicted molar refractivity (Wildman–Crippen MR) is 48.0 cm³/mol. The molecule has 0 spiro atoms. The molecule has 0 rings (SSSR count). The van der Waals surface area contributed by atoms with Crippen molar-refractivity contribution in [2.75, 3.05) is 26.8 Å². The average molecular weight is 185 g/mol. The molecule has 1 unspecified atom stereocenters. The first-order valence-corrected chi connectivity index (χ1v) is 4.06. The number of methoxy groups -OCH3 is 1. The highest BCUT2D eigenvalue weighted by Gasteiger charge is 2.03. The smallest absolute Gasteiger partial charge is 0.234 e. The van der Waals surface area contributed by atoms with Crippen LogP contribution in [0.5, 0.6) is 0 Å². The molecule has 5 heteroatoms. The molecule has 0 aromatic carbocycles. The zero-order chi connectivity index (χ0) is 10.1. The van der Waals surface area contributed by atoms with Gasteiger partial charge in [-0.05, 0) is 6.92 Å². The van der Waals surface area contributed by atoms with Gasteiger partial charge in [0.05, 0.1) is 19.2 Å². The molecule has 74 valence electrons. The van der Waals surface area contributed by atoms with Crippen LogP contribution in [0.3, 0.4) is 0 Å². The van der Waals surface area contributed by atoms with Crippen molar-refractivity contribution in [1.29, 1.82) is 5.26 Å². The molecule has 0 aliphatic heterocycles. The van der Waals surface area contributed by atoms with Crippen LogP contribution in [0.25, 0.3) is 0 Å². The summed E-state index contributed by atoms with van der Waals surface area (Å²) in [5.74, 6) is -0.176. The van der Waals surface area contributed by atoms with Crippen LogP contribution in [0.4, 0.5) is 0 Å². The number of ether oxygens (including phenoxy) is 1. The van der Waals surface area contributed by atoms with E-state index in [4.69, 9.17) is 10.00 Å². The molecule has 0 saturated heterocycles. The van der Waals surface area contributed by atoms with Crippen molar-refractivity contribution in [2.45, 2.75) is 13.0 Å². The van der Waals surface area contributed by atoms with E-state index in [0.717, 1.165) is 0 Å². The summed E-state index contributed by atoms with van der Waals surface area (Å²) in [5, 5.41) is 13.5. The van der Waals surface area contributed by atoms with E-state index in [0.29, 0.717) is 6.61 Å². The van der Waals surface area contributed by atoms with Gasteiger partial charge in [0.15, 0.2) is 0 Å². The van der Waals surface area contributed by atoms with Gasteiger partial charge in [0.2, 0.25) is 5.91 Å². The largest absolute Gasteiger partial charge is 0.383 e. The van der Waals surface area contributed by atoms with E-state index in [9.17, 15) is 4.79 Å². The van der Waals surface area contributed by atoms with E-state index in [-0.39, 0.29) is 25.0 Å². The van der Waals surface area contributed by atoms with Crippen molar-refractivity contribution in [3.63, 3.8) is 0 Å². The maximum absolute atomic E-state index is 10.9. The first kappa shape index (κ1) is 11.9. The summed E-state index contributed by atoms with van der Waals surface area (Å²) in [4.78, 5) is 10.9. The Balaban J connectivity index is 3.41. The van der Waals surface area contributed by atoms with Crippen LogP contribution < -0.4 is 10.6 Å². The minimum absolute atomic E-state index is 0.0547. The molecule has 1 atom stereocenters. The van der Waals surface area contributed by atoms with E-state index in [1.165, 1.54) is 0 Å². The standard InChI is InChI=1S/C8H15N3O2/c1-7(6-13-2)11-5-8(12)10-4-3-9/h7,11H,4-6H2,1-2H3,(H,10,12). The summed E-state index contributed by atoms with van der Waals surface area (Å²) in [6.45, 7) is 2.75. The molecule has 1 amide bonds. The molecule has 0 radical (unpaired) electrons. The van der Waals surface area contributed by atoms with Gasteiger partial charge in [-0.3, -0.25) is 4.79 Å². The van der Waals surface area contributed by atoms with E-state index in [1.807, 2.05) is 13.0 Å². The number of carbonyl (C=O) groups excluding carboxylic acids is 1. The van der Waals surface area contributed by atoms with E-state index in [2.05, 4.69) is 10.6 Å². The molecule has 0 aliphatic rings. The average Bonchev–Trinajstić information content (AvgIpc) is 2.12. The van der Waals surface area contributed by atoms with Crippen molar-refractivity contribution in [2.24, 2.45) is 0 Å². The highest BCUT2D eigenvalue weighted by molar-refractivity contribution is 5.78. The fraction of sp³-hybridized carbons (Fsp3) is 0.750. The molecular weight excluding hydrogens is 170 g/mol. The molecule has 0 bridgehead atoms. The van der Waals surface area contributed by atoms with Crippen LogP contribution in [0, 0.1) is 11.3 Å². The van der Waals surface area contributed by atoms with E-state index in [1.54, 1.807) is 7.11 Å².